The van der Waals surface area contributed by atoms with Crippen LogP contribution in [0.25, 0.3) is 16.9 Å². The molecule has 1 N–H and O–H groups in total. The first kappa shape index (κ1) is 21.5. The van der Waals surface area contributed by atoms with Gasteiger partial charge in [-0.1, -0.05) is 18.2 Å². The van der Waals surface area contributed by atoms with E-state index in [2.05, 4.69) is 36.5 Å². The number of aryl methyl sites for hydroxylation is 1. The molecule has 0 amide bonds. The maximum absolute atomic E-state index is 14.4. The summed E-state index contributed by atoms with van der Waals surface area (Å²) in [5, 5.41) is 8.41. The second kappa shape index (κ2) is 9.62. The van der Waals surface area contributed by atoms with E-state index in [0.717, 1.165) is 41.0 Å². The van der Waals surface area contributed by atoms with Crippen molar-refractivity contribution in [3.8, 4) is 22.7 Å². The highest BCUT2D eigenvalue weighted by atomic mass is 19.1. The van der Waals surface area contributed by atoms with Crippen molar-refractivity contribution in [3.05, 3.63) is 65.6 Å². The molecule has 1 aromatic heterocycles. The molecule has 4 rings (SSSR count). The summed E-state index contributed by atoms with van der Waals surface area (Å²) in [6.07, 6.45) is 5.75. The van der Waals surface area contributed by atoms with Crippen molar-refractivity contribution in [3.63, 3.8) is 0 Å². The molecule has 0 bridgehead atoms. The molecule has 1 saturated heterocycles. The molecule has 0 spiro atoms. The SMILES string of the molecule is COc1ccc(-c2nn(-c3ccccc3C)cc2CNCC[C@@H]2CCCN2C)cc1F. The number of benzene rings is 2. The Labute approximate surface area is 183 Å². The van der Waals surface area contributed by atoms with E-state index in [1.54, 1.807) is 6.07 Å². The topological polar surface area (TPSA) is 42.3 Å². The predicted octanol–water partition coefficient (Wildman–Crippen LogP) is 4.57. The van der Waals surface area contributed by atoms with Gasteiger partial charge in [0.15, 0.2) is 11.6 Å². The zero-order valence-electron chi connectivity index (χ0n) is 18.6. The molecule has 0 saturated carbocycles. The Bertz CT molecular complexity index is 1030. The van der Waals surface area contributed by atoms with Crippen molar-refractivity contribution >= 4 is 0 Å². The van der Waals surface area contributed by atoms with Crippen LogP contribution >= 0.6 is 0 Å². The van der Waals surface area contributed by atoms with Gasteiger partial charge in [-0.2, -0.15) is 5.10 Å². The predicted molar refractivity (Wildman–Crippen MR) is 122 cm³/mol. The normalized spacial score (nSPS) is 16.7. The third-order valence-corrected chi connectivity index (χ3v) is 6.22. The van der Waals surface area contributed by atoms with Gasteiger partial charge in [0.25, 0.3) is 0 Å². The van der Waals surface area contributed by atoms with Gasteiger partial charge in [0.1, 0.15) is 0 Å². The summed E-state index contributed by atoms with van der Waals surface area (Å²) in [7, 11) is 3.68. The van der Waals surface area contributed by atoms with Crippen LogP contribution < -0.4 is 10.1 Å². The number of nitrogens with zero attached hydrogens (tertiary/aromatic N) is 3. The molecular formula is C25H31FN4O. The van der Waals surface area contributed by atoms with Crippen molar-refractivity contribution in [1.29, 1.82) is 0 Å². The minimum atomic E-state index is -0.381. The largest absolute Gasteiger partial charge is 0.494 e. The summed E-state index contributed by atoms with van der Waals surface area (Å²) in [5.41, 5.74) is 4.75. The van der Waals surface area contributed by atoms with Gasteiger partial charge in [-0.25, -0.2) is 9.07 Å². The summed E-state index contributed by atoms with van der Waals surface area (Å²) in [6, 6.07) is 13.8. The van der Waals surface area contributed by atoms with Crippen LogP contribution in [0, 0.1) is 12.7 Å². The molecule has 5 nitrogen and oxygen atoms in total. The molecule has 6 heteroatoms. The molecule has 31 heavy (non-hydrogen) atoms. The van der Waals surface area contributed by atoms with E-state index in [9.17, 15) is 4.39 Å². The van der Waals surface area contributed by atoms with E-state index in [1.165, 1.54) is 32.6 Å². The second-order valence-corrected chi connectivity index (χ2v) is 8.33. The van der Waals surface area contributed by atoms with Crippen molar-refractivity contribution in [2.75, 3.05) is 27.2 Å². The molecule has 3 aromatic rings. The van der Waals surface area contributed by atoms with E-state index >= 15 is 0 Å². The van der Waals surface area contributed by atoms with E-state index in [-0.39, 0.29) is 11.6 Å². The highest BCUT2D eigenvalue weighted by molar-refractivity contribution is 5.64. The fourth-order valence-electron chi connectivity index (χ4n) is 4.38. The molecule has 0 radical (unpaired) electrons. The van der Waals surface area contributed by atoms with Crippen LogP contribution in [0.4, 0.5) is 4.39 Å². The Morgan fingerprint density at radius 3 is 2.77 bits per heavy atom. The smallest absolute Gasteiger partial charge is 0.165 e. The van der Waals surface area contributed by atoms with Gasteiger partial charge in [-0.3, -0.25) is 0 Å². The average Bonchev–Trinajstić information content (AvgIpc) is 3.37. The maximum Gasteiger partial charge on any atom is 0.165 e. The van der Waals surface area contributed by atoms with Crippen LogP contribution in [-0.2, 0) is 6.54 Å². The first-order chi connectivity index (χ1) is 15.1. The molecule has 164 valence electrons. The zero-order chi connectivity index (χ0) is 21.8. The zero-order valence-corrected chi connectivity index (χ0v) is 18.6. The number of ether oxygens (including phenoxy) is 1. The Hall–Kier alpha value is -2.70. The monoisotopic (exact) mass is 422 g/mol. The van der Waals surface area contributed by atoms with Gasteiger partial charge in [0, 0.05) is 29.9 Å². The summed E-state index contributed by atoms with van der Waals surface area (Å²) in [5.74, 6) is -0.143. The summed E-state index contributed by atoms with van der Waals surface area (Å²) >= 11 is 0. The second-order valence-electron chi connectivity index (χ2n) is 8.33. The minimum Gasteiger partial charge on any atom is -0.494 e. The molecule has 2 aromatic carbocycles. The quantitative estimate of drug-likeness (QED) is 0.540. The highest BCUT2D eigenvalue weighted by Gasteiger charge is 2.20. The number of aromatic nitrogens is 2. The number of halogens is 1. The van der Waals surface area contributed by atoms with Crippen LogP contribution in [0.1, 0.15) is 30.4 Å². The first-order valence-corrected chi connectivity index (χ1v) is 11.0. The van der Waals surface area contributed by atoms with Crippen LogP contribution in [0.15, 0.2) is 48.7 Å². The van der Waals surface area contributed by atoms with Gasteiger partial charge in [-0.15, -0.1) is 0 Å². The third kappa shape index (κ3) is 4.81. The number of hydrogen-bond donors (Lipinski definition) is 1. The molecular weight excluding hydrogens is 391 g/mol. The number of rotatable bonds is 8. The molecule has 2 heterocycles. The van der Waals surface area contributed by atoms with Gasteiger partial charge < -0.3 is 15.0 Å². The van der Waals surface area contributed by atoms with Crippen molar-refractivity contribution in [2.24, 2.45) is 0 Å². The maximum atomic E-state index is 14.4. The lowest BCUT2D eigenvalue weighted by molar-refractivity contribution is 0.293. The lowest BCUT2D eigenvalue weighted by Gasteiger charge is -2.19. The molecule has 0 unspecified atom stereocenters. The Kier molecular flexibility index (Phi) is 6.68. The lowest BCUT2D eigenvalue weighted by Crippen LogP contribution is -2.29. The van der Waals surface area contributed by atoms with E-state index < -0.39 is 0 Å². The van der Waals surface area contributed by atoms with Gasteiger partial charge in [0.05, 0.1) is 18.5 Å². The summed E-state index contributed by atoms with van der Waals surface area (Å²) in [4.78, 5) is 2.45. The van der Waals surface area contributed by atoms with E-state index in [0.29, 0.717) is 12.6 Å². The van der Waals surface area contributed by atoms with Crippen molar-refractivity contribution < 1.29 is 9.13 Å². The molecule has 1 aliphatic rings. The van der Waals surface area contributed by atoms with Crippen molar-refractivity contribution in [2.45, 2.75) is 38.8 Å². The van der Waals surface area contributed by atoms with Gasteiger partial charge in [0.2, 0.25) is 0 Å². The summed E-state index contributed by atoms with van der Waals surface area (Å²) in [6.45, 7) is 4.90. The minimum absolute atomic E-state index is 0.238. The Morgan fingerprint density at radius 1 is 1.23 bits per heavy atom. The fourth-order valence-corrected chi connectivity index (χ4v) is 4.38. The molecule has 0 aliphatic carbocycles. The Balaban J connectivity index is 1.57. The lowest BCUT2D eigenvalue weighted by atomic mass is 10.1. The van der Waals surface area contributed by atoms with Crippen LogP contribution in [0.5, 0.6) is 5.75 Å². The number of para-hydroxylation sites is 1. The number of nitrogens with one attached hydrogen (secondary N) is 1. The molecule has 1 fully saturated rings. The van der Waals surface area contributed by atoms with Crippen LogP contribution in [-0.4, -0.2) is 48.0 Å². The summed E-state index contributed by atoms with van der Waals surface area (Å²) < 4.78 is 21.4. The van der Waals surface area contributed by atoms with Gasteiger partial charge in [-0.05, 0) is 76.2 Å². The van der Waals surface area contributed by atoms with E-state index in [1.807, 2.05) is 28.9 Å². The number of hydrogen-bond acceptors (Lipinski definition) is 4. The molecule has 1 atom stereocenters. The highest BCUT2D eigenvalue weighted by Crippen LogP contribution is 2.28. The average molecular weight is 423 g/mol. The van der Waals surface area contributed by atoms with E-state index in [4.69, 9.17) is 9.84 Å². The van der Waals surface area contributed by atoms with Gasteiger partial charge >= 0.3 is 0 Å². The first-order valence-electron chi connectivity index (χ1n) is 11.0. The third-order valence-electron chi connectivity index (χ3n) is 6.22. The number of likely N-dealkylation sites (tertiary alicyclic amines) is 1. The standard InChI is InChI=1S/C25H31FN4O/c1-18-7-4-5-9-23(18)30-17-20(16-27-13-12-21-8-6-14-29(21)2)25(28-30)19-10-11-24(31-3)22(26)15-19/h4-5,7,9-11,15,17,21,27H,6,8,12-14,16H2,1-3H3/t21-/m0/s1. The molecule has 1 aliphatic heterocycles. The number of methoxy groups -OCH3 is 1. The van der Waals surface area contributed by atoms with Crippen molar-refractivity contribution in [1.82, 2.24) is 20.0 Å². The van der Waals surface area contributed by atoms with Crippen LogP contribution in [0.2, 0.25) is 0 Å². The van der Waals surface area contributed by atoms with Crippen LogP contribution in [0.3, 0.4) is 0 Å². The Morgan fingerprint density at radius 2 is 2.06 bits per heavy atom. The fraction of sp³-hybridized carbons (Fsp3) is 0.400.